The van der Waals surface area contributed by atoms with Crippen molar-refractivity contribution in [2.75, 3.05) is 14.1 Å². The maximum atomic E-state index is 11.5. The Morgan fingerprint density at radius 1 is 0.857 bits per heavy atom. The Kier molecular flexibility index (Phi) is 18.1. The molecule has 0 spiro atoms. The summed E-state index contributed by atoms with van der Waals surface area (Å²) in [6.07, 6.45) is 0.816. The third-order valence-electron chi connectivity index (χ3n) is 2.15. The van der Waals surface area contributed by atoms with Crippen molar-refractivity contribution < 1.29 is 69.3 Å². The van der Waals surface area contributed by atoms with Crippen LogP contribution in [0.1, 0.15) is 33.1 Å². The van der Waals surface area contributed by atoms with Crippen LogP contribution in [0, 0.1) is 0 Å². The molecule has 0 N–H and O–H groups in total. The molecule has 21 heavy (non-hydrogen) atoms. The van der Waals surface area contributed by atoms with E-state index in [1.54, 1.807) is 14.1 Å². The summed E-state index contributed by atoms with van der Waals surface area (Å²) in [5.41, 5.74) is 0. The van der Waals surface area contributed by atoms with E-state index in [0.29, 0.717) is 22.8 Å². The van der Waals surface area contributed by atoms with Crippen molar-refractivity contribution in [1.29, 1.82) is 0 Å². The minimum absolute atomic E-state index is 0. The normalized spacial score (nSPS) is 11.0. The van der Waals surface area contributed by atoms with Gasteiger partial charge in [0, 0.05) is 20.5 Å². The summed E-state index contributed by atoms with van der Waals surface area (Å²) in [7, 11) is 3.15. The molecule has 0 saturated heterocycles. The van der Waals surface area contributed by atoms with Gasteiger partial charge in [-0.05, 0) is 24.6 Å². The molecule has 0 atom stereocenters. The molecule has 0 aromatic rings. The van der Waals surface area contributed by atoms with Gasteiger partial charge in [0.15, 0.2) is 0 Å². The maximum absolute atomic E-state index is 11.5. The van der Waals surface area contributed by atoms with Gasteiger partial charge < -0.3 is 10.2 Å². The Balaban J connectivity index is -0.00000162. The molecule has 0 unspecified atom stereocenters. The molecule has 0 aromatic carbocycles. The van der Waals surface area contributed by atoms with Crippen LogP contribution in [0.4, 0.5) is 0 Å². The summed E-state index contributed by atoms with van der Waals surface area (Å²) in [5.74, 6) is -1.16. The van der Waals surface area contributed by atoms with Crippen molar-refractivity contribution in [3.63, 3.8) is 0 Å². The third kappa shape index (κ3) is 11.9. The van der Waals surface area contributed by atoms with Gasteiger partial charge >= 0.3 is 59.1 Å². The second-order valence-corrected chi connectivity index (χ2v) is 4.65. The monoisotopic (exact) mass is 348 g/mol. The molecule has 0 bridgehead atoms. The van der Waals surface area contributed by atoms with Gasteiger partial charge in [0.05, 0.1) is 9.98 Å². The first-order valence-electron chi connectivity index (χ1n) is 5.83. The van der Waals surface area contributed by atoms with Crippen molar-refractivity contribution in [2.24, 2.45) is 10.2 Å². The summed E-state index contributed by atoms with van der Waals surface area (Å²) >= 11 is 9.95. The molecule has 0 aliphatic carbocycles. The van der Waals surface area contributed by atoms with Crippen LogP contribution in [0.25, 0.3) is 0 Å². The molecule has 108 valence electrons. The standard InChI is InChI=1S/C11H20N4O2S2.2Na/c1-5-10(18)14(3)12-8(16)7-9(17)13-15(4)11(19)6-2;;/h5-7H2,1-4H3,(H,12,16)(H,13,17);;/q;2*+1/p-2. The molecule has 10 heteroatoms. The average molecular weight is 348 g/mol. The van der Waals surface area contributed by atoms with Gasteiger partial charge in [-0.15, -0.1) is 0 Å². The van der Waals surface area contributed by atoms with Crippen LogP contribution in [0.3, 0.4) is 0 Å². The number of nitrogens with zero attached hydrogens (tertiary/aromatic N) is 4. The van der Waals surface area contributed by atoms with Crippen molar-refractivity contribution >= 4 is 46.2 Å². The van der Waals surface area contributed by atoms with Crippen LogP contribution in [0.2, 0.25) is 0 Å². The molecule has 0 fully saturated rings. The van der Waals surface area contributed by atoms with E-state index in [9.17, 15) is 10.2 Å². The Morgan fingerprint density at radius 3 is 1.38 bits per heavy atom. The summed E-state index contributed by atoms with van der Waals surface area (Å²) in [6, 6.07) is 0. The molecule has 0 saturated carbocycles. The Morgan fingerprint density at radius 2 is 1.14 bits per heavy atom. The zero-order valence-corrected chi connectivity index (χ0v) is 19.2. The Labute approximate surface area is 181 Å². The van der Waals surface area contributed by atoms with E-state index in [4.69, 9.17) is 24.4 Å². The van der Waals surface area contributed by atoms with Crippen LogP contribution < -0.4 is 69.3 Å². The van der Waals surface area contributed by atoms with Gasteiger partial charge in [0.2, 0.25) is 0 Å². The van der Waals surface area contributed by atoms with Crippen LogP contribution in [0.15, 0.2) is 10.2 Å². The molecular formula is C11H18N4Na2O2S2. The fourth-order valence-electron chi connectivity index (χ4n) is 1.10. The number of hydrazone groups is 2. The zero-order chi connectivity index (χ0) is 15.0. The molecule has 0 aliphatic rings. The SMILES string of the molecule is CCC(=S)N(C)/N=C(\[O-])C/C([O-])=N/N(C)C(=S)CC.[Na+].[Na+]. The molecule has 0 aliphatic heterocycles. The van der Waals surface area contributed by atoms with Gasteiger partial charge in [-0.3, -0.25) is 10.0 Å². The minimum atomic E-state index is -0.581. The van der Waals surface area contributed by atoms with Gasteiger partial charge in [-0.2, -0.15) is 10.2 Å². The van der Waals surface area contributed by atoms with Gasteiger partial charge in [0.1, 0.15) is 0 Å². The van der Waals surface area contributed by atoms with Crippen molar-refractivity contribution in [1.82, 2.24) is 10.0 Å². The summed E-state index contributed by atoms with van der Waals surface area (Å²) in [6.45, 7) is 3.72. The predicted octanol–water partition coefficient (Wildman–Crippen LogP) is -5.93. The van der Waals surface area contributed by atoms with Crippen LogP contribution in [-0.4, -0.2) is 45.9 Å². The van der Waals surface area contributed by atoms with Crippen LogP contribution in [-0.2, 0) is 0 Å². The fourth-order valence-corrected chi connectivity index (χ4v) is 1.19. The van der Waals surface area contributed by atoms with E-state index in [2.05, 4.69) is 10.2 Å². The number of thiocarbonyl (C=S) groups is 2. The van der Waals surface area contributed by atoms with E-state index >= 15 is 0 Å². The van der Waals surface area contributed by atoms with E-state index < -0.39 is 18.2 Å². The Hall–Kier alpha value is 0.720. The van der Waals surface area contributed by atoms with Crippen molar-refractivity contribution in [3.05, 3.63) is 0 Å². The van der Waals surface area contributed by atoms with Gasteiger partial charge in [0.25, 0.3) is 0 Å². The first-order chi connectivity index (χ1) is 8.81. The number of hydrogen-bond donors (Lipinski definition) is 0. The van der Waals surface area contributed by atoms with E-state index in [-0.39, 0.29) is 59.1 Å². The number of hydrogen-bond acceptors (Lipinski definition) is 6. The average Bonchev–Trinajstić information content (AvgIpc) is 2.35. The van der Waals surface area contributed by atoms with Crippen molar-refractivity contribution in [3.8, 4) is 0 Å². The van der Waals surface area contributed by atoms with E-state index in [1.807, 2.05) is 13.8 Å². The quantitative estimate of drug-likeness (QED) is 0.156. The third-order valence-corrected chi connectivity index (χ3v) is 3.26. The Bertz CT molecular complexity index is 370. The van der Waals surface area contributed by atoms with Crippen molar-refractivity contribution in [2.45, 2.75) is 33.1 Å². The summed E-state index contributed by atoms with van der Waals surface area (Å²) in [4.78, 5) is 1.06. The molecule has 0 heterocycles. The topological polar surface area (TPSA) is 77.3 Å². The maximum Gasteiger partial charge on any atom is 1.00 e. The van der Waals surface area contributed by atoms with Crippen LogP contribution in [0.5, 0.6) is 0 Å². The minimum Gasteiger partial charge on any atom is -0.860 e. The molecule has 0 radical (unpaired) electrons. The molecule has 0 aromatic heterocycles. The van der Waals surface area contributed by atoms with Crippen LogP contribution >= 0.6 is 24.4 Å². The van der Waals surface area contributed by atoms with E-state index in [1.165, 1.54) is 10.0 Å². The fraction of sp³-hybridized carbons (Fsp3) is 0.636. The second kappa shape index (κ2) is 14.3. The number of rotatable bonds is 6. The van der Waals surface area contributed by atoms with E-state index in [0.717, 1.165) is 0 Å². The second-order valence-electron chi connectivity index (χ2n) is 3.71. The largest absolute Gasteiger partial charge is 1.00 e. The van der Waals surface area contributed by atoms with Gasteiger partial charge in [-0.1, -0.05) is 38.3 Å². The smallest absolute Gasteiger partial charge is 0.860 e. The molecule has 0 rings (SSSR count). The van der Waals surface area contributed by atoms with Gasteiger partial charge in [-0.25, -0.2) is 0 Å². The molecule has 0 amide bonds. The summed E-state index contributed by atoms with van der Waals surface area (Å²) < 4.78 is 0. The first-order valence-corrected chi connectivity index (χ1v) is 6.65. The summed E-state index contributed by atoms with van der Waals surface area (Å²) in [5, 5.41) is 33.0. The zero-order valence-electron chi connectivity index (χ0n) is 13.5. The predicted molar refractivity (Wildman–Crippen MR) is 80.8 cm³/mol. The first kappa shape index (κ1) is 26.6. The molecule has 6 nitrogen and oxygen atoms in total. The molecular weight excluding hydrogens is 330 g/mol.